The minimum Gasteiger partial charge on any atom is -0.299 e. The molecule has 18 heavy (non-hydrogen) atoms. The Hall–Kier alpha value is -2.35. The number of H-pyrrole nitrogens is 1. The van der Waals surface area contributed by atoms with Crippen molar-refractivity contribution in [1.82, 2.24) is 19.1 Å². The van der Waals surface area contributed by atoms with Crippen molar-refractivity contribution >= 4 is 17.1 Å². The smallest absolute Gasteiger partial charge is 0.299 e. The molecule has 0 amide bonds. The number of nitrogens with one attached hydrogen (secondary N) is 2. The molecule has 96 valence electrons. The molecule has 4 N–H and O–H groups in total. The lowest BCUT2D eigenvalue weighted by molar-refractivity contribution is 0.818. The number of hydrogen-bond acceptors (Lipinski definition) is 5. The van der Waals surface area contributed by atoms with Gasteiger partial charge < -0.3 is 0 Å². The van der Waals surface area contributed by atoms with E-state index in [9.17, 15) is 9.59 Å². The molecule has 0 aliphatic heterocycles. The van der Waals surface area contributed by atoms with Crippen LogP contribution in [0.4, 0.5) is 5.95 Å². The molecule has 0 aliphatic rings. The van der Waals surface area contributed by atoms with Crippen molar-refractivity contribution in [2.24, 2.45) is 12.9 Å². The monoisotopic (exact) mass is 250 g/mol. The van der Waals surface area contributed by atoms with Crippen molar-refractivity contribution in [2.45, 2.75) is 13.5 Å². The van der Waals surface area contributed by atoms with Crippen LogP contribution in [-0.4, -0.2) is 19.1 Å². The highest BCUT2D eigenvalue weighted by molar-refractivity contribution is 5.74. The summed E-state index contributed by atoms with van der Waals surface area (Å²) in [6.07, 6.45) is 3.70. The van der Waals surface area contributed by atoms with E-state index in [2.05, 4.69) is 15.4 Å². The van der Waals surface area contributed by atoms with Crippen molar-refractivity contribution < 1.29 is 0 Å². The summed E-state index contributed by atoms with van der Waals surface area (Å²) in [7, 11) is 1.54. The molecule has 0 fully saturated rings. The zero-order valence-corrected chi connectivity index (χ0v) is 10.1. The highest BCUT2D eigenvalue weighted by atomic mass is 16.2. The van der Waals surface area contributed by atoms with Crippen LogP contribution in [0, 0.1) is 0 Å². The average molecular weight is 250 g/mol. The van der Waals surface area contributed by atoms with Gasteiger partial charge in [-0.25, -0.2) is 10.6 Å². The lowest BCUT2D eigenvalue weighted by Crippen LogP contribution is -2.29. The molecule has 2 heterocycles. The molecule has 8 nitrogen and oxygen atoms in total. The molecule has 0 unspecified atom stereocenters. The number of allylic oxidation sites excluding steroid dienone is 2. The number of aromatic nitrogens is 4. The fourth-order valence-corrected chi connectivity index (χ4v) is 1.73. The number of nitrogen functional groups attached to an aromatic ring is 1. The lowest BCUT2D eigenvalue weighted by atomic mass is 10.4. The summed E-state index contributed by atoms with van der Waals surface area (Å²) < 4.78 is 2.87. The normalized spacial score (nSPS) is 11.5. The Bertz CT molecular complexity index is 720. The molecule has 0 saturated carbocycles. The Morgan fingerprint density at radius 3 is 2.83 bits per heavy atom. The van der Waals surface area contributed by atoms with Gasteiger partial charge in [0.15, 0.2) is 11.2 Å². The number of nitrogens with zero attached hydrogens (tertiary/aromatic N) is 3. The Morgan fingerprint density at radius 2 is 2.22 bits per heavy atom. The van der Waals surface area contributed by atoms with E-state index < -0.39 is 11.2 Å². The van der Waals surface area contributed by atoms with Gasteiger partial charge in [-0.2, -0.15) is 4.98 Å². The van der Waals surface area contributed by atoms with Gasteiger partial charge in [0.05, 0.1) is 0 Å². The molecule has 0 radical (unpaired) electrons. The molecule has 8 heteroatoms. The minimum absolute atomic E-state index is 0.293. The third kappa shape index (κ3) is 1.72. The number of imidazole rings is 1. The number of aromatic amines is 1. The quantitative estimate of drug-likeness (QED) is 0.378. The maximum absolute atomic E-state index is 11.8. The SMILES string of the molecule is CC=CCn1c(NN)nc2c1c(=O)[nH]c(=O)n2C. The van der Waals surface area contributed by atoms with Crippen LogP contribution in [0.25, 0.3) is 11.2 Å². The van der Waals surface area contributed by atoms with E-state index in [0.717, 1.165) is 0 Å². The van der Waals surface area contributed by atoms with Crippen LogP contribution in [0.2, 0.25) is 0 Å². The Labute approximate surface area is 102 Å². The molecular weight excluding hydrogens is 236 g/mol. The number of rotatable bonds is 3. The lowest BCUT2D eigenvalue weighted by Gasteiger charge is -2.04. The van der Waals surface area contributed by atoms with E-state index >= 15 is 0 Å². The predicted octanol–water partition coefficient (Wildman–Crippen LogP) is -0.715. The summed E-state index contributed by atoms with van der Waals surface area (Å²) in [6, 6.07) is 0. The second-order valence-electron chi connectivity index (χ2n) is 3.75. The van der Waals surface area contributed by atoms with Crippen LogP contribution < -0.4 is 22.5 Å². The fourth-order valence-electron chi connectivity index (χ4n) is 1.73. The van der Waals surface area contributed by atoms with Crippen molar-refractivity contribution in [3.63, 3.8) is 0 Å². The summed E-state index contributed by atoms with van der Waals surface area (Å²) in [4.78, 5) is 29.7. The Morgan fingerprint density at radius 1 is 1.50 bits per heavy atom. The number of fused-ring (bicyclic) bond motifs is 1. The molecule has 0 saturated heterocycles. The molecule has 2 aromatic rings. The van der Waals surface area contributed by atoms with Crippen LogP contribution in [0.15, 0.2) is 21.7 Å². The zero-order chi connectivity index (χ0) is 13.3. The molecule has 2 rings (SSSR count). The van der Waals surface area contributed by atoms with Crippen LogP contribution in [0.3, 0.4) is 0 Å². The third-order valence-electron chi connectivity index (χ3n) is 2.66. The number of aryl methyl sites for hydroxylation is 1. The van der Waals surface area contributed by atoms with E-state index in [-0.39, 0.29) is 0 Å². The van der Waals surface area contributed by atoms with Gasteiger partial charge in [-0.15, -0.1) is 0 Å². The van der Waals surface area contributed by atoms with E-state index in [4.69, 9.17) is 5.84 Å². The minimum atomic E-state index is -0.508. The van der Waals surface area contributed by atoms with Crippen LogP contribution >= 0.6 is 0 Å². The van der Waals surface area contributed by atoms with Crippen LogP contribution in [0.1, 0.15) is 6.92 Å². The fraction of sp³-hybridized carbons (Fsp3) is 0.300. The summed E-state index contributed by atoms with van der Waals surface area (Å²) in [6.45, 7) is 2.31. The second-order valence-corrected chi connectivity index (χ2v) is 3.75. The average Bonchev–Trinajstić information content (AvgIpc) is 2.72. The number of anilines is 1. The van der Waals surface area contributed by atoms with Crippen molar-refractivity contribution in [1.29, 1.82) is 0 Å². The van der Waals surface area contributed by atoms with Gasteiger partial charge in [-0.1, -0.05) is 12.2 Å². The van der Waals surface area contributed by atoms with E-state index in [1.165, 1.54) is 11.6 Å². The summed E-state index contributed by atoms with van der Waals surface area (Å²) in [5.41, 5.74) is 2.03. The number of hydrazine groups is 1. The first-order valence-electron chi connectivity index (χ1n) is 5.37. The van der Waals surface area contributed by atoms with Gasteiger partial charge in [-0.05, 0) is 6.92 Å². The number of nitrogens with two attached hydrogens (primary N) is 1. The summed E-state index contributed by atoms with van der Waals surface area (Å²) in [5, 5.41) is 0. The van der Waals surface area contributed by atoms with Crippen molar-refractivity contribution in [3.8, 4) is 0 Å². The van der Waals surface area contributed by atoms with Crippen LogP contribution in [0.5, 0.6) is 0 Å². The predicted molar refractivity (Wildman–Crippen MR) is 68.2 cm³/mol. The highest BCUT2D eigenvalue weighted by Gasteiger charge is 2.15. The van der Waals surface area contributed by atoms with Gasteiger partial charge in [0.1, 0.15) is 0 Å². The van der Waals surface area contributed by atoms with Crippen molar-refractivity contribution in [3.05, 3.63) is 33.0 Å². The Kier molecular flexibility index (Phi) is 3.02. The van der Waals surface area contributed by atoms with E-state index in [0.29, 0.717) is 23.7 Å². The molecule has 0 bridgehead atoms. The molecule has 2 aromatic heterocycles. The molecule has 0 aliphatic carbocycles. The molecule has 0 spiro atoms. The van der Waals surface area contributed by atoms with Crippen molar-refractivity contribution in [2.75, 3.05) is 5.43 Å². The number of hydrogen-bond donors (Lipinski definition) is 3. The van der Waals surface area contributed by atoms with Gasteiger partial charge in [0.2, 0.25) is 5.95 Å². The van der Waals surface area contributed by atoms with E-state index in [1.807, 2.05) is 19.1 Å². The van der Waals surface area contributed by atoms with E-state index in [1.54, 1.807) is 4.57 Å². The van der Waals surface area contributed by atoms with Gasteiger partial charge >= 0.3 is 5.69 Å². The first-order valence-corrected chi connectivity index (χ1v) is 5.37. The van der Waals surface area contributed by atoms with Gasteiger partial charge in [0, 0.05) is 13.6 Å². The zero-order valence-electron chi connectivity index (χ0n) is 10.1. The maximum atomic E-state index is 11.8. The summed E-state index contributed by atoms with van der Waals surface area (Å²) >= 11 is 0. The summed E-state index contributed by atoms with van der Waals surface area (Å²) in [5.74, 6) is 5.70. The maximum Gasteiger partial charge on any atom is 0.329 e. The molecule has 0 atom stereocenters. The molecular formula is C10H14N6O2. The highest BCUT2D eigenvalue weighted by Crippen LogP contribution is 2.13. The first-order chi connectivity index (χ1) is 8.60. The largest absolute Gasteiger partial charge is 0.329 e. The van der Waals surface area contributed by atoms with Gasteiger partial charge in [-0.3, -0.25) is 24.3 Å². The van der Waals surface area contributed by atoms with Gasteiger partial charge in [0.25, 0.3) is 5.56 Å². The van der Waals surface area contributed by atoms with Crippen LogP contribution in [-0.2, 0) is 13.6 Å². The first kappa shape index (κ1) is 12.1. The molecule has 0 aromatic carbocycles. The standard InChI is InChI=1S/C10H14N6O2/c1-3-4-5-16-6-7(12-9(16)14-11)15(2)10(18)13-8(6)17/h3-4H,5,11H2,1-2H3,(H,12,14)(H,13,17,18). The second kappa shape index (κ2) is 4.49. The topological polar surface area (TPSA) is 111 Å². The third-order valence-corrected chi connectivity index (χ3v) is 2.66. The Balaban J connectivity index is 2.87.